The summed E-state index contributed by atoms with van der Waals surface area (Å²) in [5.74, 6) is 0.469. The number of hydrogen-bond acceptors (Lipinski definition) is 1. The van der Waals surface area contributed by atoms with Gasteiger partial charge in [-0.1, -0.05) is 97.3 Å². The Bertz CT molecular complexity index is 545. The van der Waals surface area contributed by atoms with E-state index in [1.165, 1.54) is 116 Å². The average Bonchev–Trinajstić information content (AvgIpc) is 2.84. The standard InChI is InChI=1S/C30H54O2/c1-3-5-7-8-13-18-28(26-16-11-9-12-17-26)22-24-29(25-23-28,19-6-4-2)30(27(31)32)20-14-10-15-21-30/h26H,3-25H2,1-2H3,(H,31,32). The van der Waals surface area contributed by atoms with E-state index in [2.05, 4.69) is 13.8 Å². The van der Waals surface area contributed by atoms with E-state index in [1.54, 1.807) is 0 Å². The van der Waals surface area contributed by atoms with Gasteiger partial charge in [-0.3, -0.25) is 4.79 Å². The van der Waals surface area contributed by atoms with Crippen molar-refractivity contribution in [3.63, 3.8) is 0 Å². The lowest BCUT2D eigenvalue weighted by molar-refractivity contribution is -0.171. The van der Waals surface area contributed by atoms with Crippen molar-refractivity contribution in [1.29, 1.82) is 0 Å². The monoisotopic (exact) mass is 446 g/mol. The van der Waals surface area contributed by atoms with Gasteiger partial charge in [0.25, 0.3) is 0 Å². The SMILES string of the molecule is CCCCCCCC1(C2CCCCC2)CCC(CCCC)(C2(C(=O)O)CCCCC2)CC1. The normalized spacial score (nSPS) is 31.4. The zero-order valence-electron chi connectivity index (χ0n) is 21.7. The average molecular weight is 447 g/mol. The van der Waals surface area contributed by atoms with Gasteiger partial charge in [-0.05, 0) is 81.0 Å². The molecular formula is C30H54O2. The van der Waals surface area contributed by atoms with Crippen LogP contribution in [-0.2, 0) is 4.79 Å². The highest BCUT2D eigenvalue weighted by Crippen LogP contribution is 2.64. The summed E-state index contributed by atoms with van der Waals surface area (Å²) in [4.78, 5) is 12.9. The van der Waals surface area contributed by atoms with Crippen LogP contribution in [0.2, 0.25) is 0 Å². The Labute approximate surface area is 199 Å². The van der Waals surface area contributed by atoms with Crippen LogP contribution >= 0.6 is 0 Å². The summed E-state index contributed by atoms with van der Waals surface area (Å²) in [5.41, 5.74) is 0.159. The molecule has 3 rings (SSSR count). The van der Waals surface area contributed by atoms with Gasteiger partial charge in [-0.25, -0.2) is 0 Å². The van der Waals surface area contributed by atoms with Gasteiger partial charge >= 0.3 is 5.97 Å². The van der Waals surface area contributed by atoms with Gasteiger partial charge in [-0.15, -0.1) is 0 Å². The third-order valence-electron chi connectivity index (χ3n) is 10.6. The molecule has 3 saturated carbocycles. The van der Waals surface area contributed by atoms with Crippen molar-refractivity contribution in [3.05, 3.63) is 0 Å². The summed E-state index contributed by atoms with van der Waals surface area (Å²) < 4.78 is 0. The Morgan fingerprint density at radius 3 is 1.88 bits per heavy atom. The summed E-state index contributed by atoms with van der Waals surface area (Å²) in [6, 6.07) is 0. The van der Waals surface area contributed by atoms with E-state index in [1.807, 2.05) is 0 Å². The number of aliphatic carboxylic acids is 1. The molecule has 0 atom stereocenters. The second-order valence-electron chi connectivity index (χ2n) is 12.2. The molecule has 0 heterocycles. The predicted molar refractivity (Wildman–Crippen MR) is 136 cm³/mol. The summed E-state index contributed by atoms with van der Waals surface area (Å²) in [7, 11) is 0. The highest BCUT2D eigenvalue weighted by molar-refractivity contribution is 5.76. The molecule has 0 aliphatic heterocycles. The van der Waals surface area contributed by atoms with Crippen molar-refractivity contribution in [3.8, 4) is 0 Å². The third-order valence-corrected chi connectivity index (χ3v) is 10.6. The number of carbonyl (C=O) groups is 1. The molecule has 0 aromatic carbocycles. The van der Waals surface area contributed by atoms with Crippen LogP contribution in [-0.4, -0.2) is 11.1 Å². The third kappa shape index (κ3) is 5.57. The van der Waals surface area contributed by atoms with E-state index in [0.29, 0.717) is 5.41 Å². The van der Waals surface area contributed by atoms with E-state index in [4.69, 9.17) is 0 Å². The molecule has 3 aliphatic carbocycles. The molecular weight excluding hydrogens is 392 g/mol. The minimum Gasteiger partial charge on any atom is -0.481 e. The van der Waals surface area contributed by atoms with Crippen LogP contribution in [0.5, 0.6) is 0 Å². The second kappa shape index (κ2) is 12.3. The molecule has 1 N–H and O–H groups in total. The topological polar surface area (TPSA) is 37.3 Å². The van der Waals surface area contributed by atoms with E-state index >= 15 is 0 Å². The lowest BCUT2D eigenvalue weighted by Crippen LogP contribution is -2.53. The predicted octanol–water partition coefficient (Wildman–Crippen LogP) is 9.70. The van der Waals surface area contributed by atoms with Gasteiger partial charge < -0.3 is 5.11 Å². The molecule has 0 saturated heterocycles. The maximum absolute atomic E-state index is 12.9. The number of carboxylic acids is 1. The molecule has 3 aliphatic rings. The van der Waals surface area contributed by atoms with E-state index < -0.39 is 11.4 Å². The van der Waals surface area contributed by atoms with Gasteiger partial charge in [-0.2, -0.15) is 0 Å². The molecule has 0 unspecified atom stereocenters. The van der Waals surface area contributed by atoms with Crippen LogP contribution in [0.15, 0.2) is 0 Å². The van der Waals surface area contributed by atoms with Gasteiger partial charge in [0.2, 0.25) is 0 Å². The molecule has 3 fully saturated rings. The minimum absolute atomic E-state index is 0.0651. The second-order valence-corrected chi connectivity index (χ2v) is 12.2. The number of hydrogen-bond donors (Lipinski definition) is 1. The highest BCUT2D eigenvalue weighted by atomic mass is 16.4. The van der Waals surface area contributed by atoms with Crippen molar-refractivity contribution in [1.82, 2.24) is 0 Å². The zero-order valence-corrected chi connectivity index (χ0v) is 21.7. The maximum Gasteiger partial charge on any atom is 0.310 e. The number of rotatable bonds is 12. The first-order chi connectivity index (χ1) is 15.5. The first-order valence-electron chi connectivity index (χ1n) is 14.8. The molecule has 0 aromatic rings. The summed E-state index contributed by atoms with van der Waals surface area (Å²) >= 11 is 0. The molecule has 0 bridgehead atoms. The largest absolute Gasteiger partial charge is 0.481 e. The first-order valence-corrected chi connectivity index (χ1v) is 14.8. The van der Waals surface area contributed by atoms with E-state index in [0.717, 1.165) is 38.0 Å². The van der Waals surface area contributed by atoms with Crippen molar-refractivity contribution in [2.45, 2.75) is 162 Å². The molecule has 32 heavy (non-hydrogen) atoms. The summed E-state index contributed by atoms with van der Waals surface area (Å²) in [6.45, 7) is 4.59. The van der Waals surface area contributed by atoms with Crippen LogP contribution < -0.4 is 0 Å². The molecule has 0 radical (unpaired) electrons. The van der Waals surface area contributed by atoms with E-state index in [9.17, 15) is 9.90 Å². The van der Waals surface area contributed by atoms with Gasteiger partial charge in [0.1, 0.15) is 0 Å². The smallest absolute Gasteiger partial charge is 0.310 e. The lowest BCUT2D eigenvalue weighted by atomic mass is 9.46. The zero-order chi connectivity index (χ0) is 22.9. The first kappa shape index (κ1) is 26.1. The molecule has 186 valence electrons. The van der Waals surface area contributed by atoms with Crippen molar-refractivity contribution < 1.29 is 9.90 Å². The summed E-state index contributed by atoms with van der Waals surface area (Å²) in [5, 5.41) is 10.6. The van der Waals surface area contributed by atoms with Crippen LogP contribution in [0.1, 0.15) is 162 Å². The fraction of sp³-hybridized carbons (Fsp3) is 0.967. The maximum atomic E-state index is 12.9. The highest BCUT2D eigenvalue weighted by Gasteiger charge is 2.58. The van der Waals surface area contributed by atoms with Crippen molar-refractivity contribution in [2.24, 2.45) is 22.2 Å². The van der Waals surface area contributed by atoms with Gasteiger partial charge in [0.15, 0.2) is 0 Å². The Morgan fingerprint density at radius 1 is 0.688 bits per heavy atom. The molecule has 0 aromatic heterocycles. The summed E-state index contributed by atoms with van der Waals surface area (Å²) in [6.07, 6.45) is 29.5. The molecule has 2 heteroatoms. The Hall–Kier alpha value is -0.530. The molecule has 0 amide bonds. The Balaban J connectivity index is 1.79. The van der Waals surface area contributed by atoms with Crippen molar-refractivity contribution in [2.75, 3.05) is 0 Å². The fourth-order valence-electron chi connectivity index (χ4n) is 8.49. The van der Waals surface area contributed by atoms with Gasteiger partial charge in [0, 0.05) is 0 Å². The molecule has 0 spiro atoms. The molecule has 2 nitrogen and oxygen atoms in total. The van der Waals surface area contributed by atoms with Crippen LogP contribution in [0, 0.1) is 22.2 Å². The van der Waals surface area contributed by atoms with Crippen molar-refractivity contribution >= 4 is 5.97 Å². The minimum atomic E-state index is -0.446. The number of unbranched alkanes of at least 4 members (excludes halogenated alkanes) is 5. The fourth-order valence-corrected chi connectivity index (χ4v) is 8.49. The Kier molecular flexibility index (Phi) is 9.99. The van der Waals surface area contributed by atoms with E-state index in [-0.39, 0.29) is 5.41 Å². The van der Waals surface area contributed by atoms with Crippen LogP contribution in [0.4, 0.5) is 0 Å². The number of carboxylic acid groups (broad SMARTS) is 1. The van der Waals surface area contributed by atoms with Gasteiger partial charge in [0.05, 0.1) is 5.41 Å². The van der Waals surface area contributed by atoms with Crippen LogP contribution in [0.3, 0.4) is 0 Å². The lowest BCUT2D eigenvalue weighted by Gasteiger charge is -2.58. The Morgan fingerprint density at radius 2 is 1.28 bits per heavy atom. The quantitative estimate of drug-likeness (QED) is 0.303. The van der Waals surface area contributed by atoms with Crippen LogP contribution in [0.25, 0.3) is 0 Å².